The molecular weight excluding hydrogens is 496 g/mol. The van der Waals surface area contributed by atoms with Crippen molar-refractivity contribution in [3.8, 4) is 5.75 Å². The van der Waals surface area contributed by atoms with E-state index >= 15 is 0 Å². The zero-order chi connectivity index (χ0) is 28.3. The Morgan fingerprint density at radius 3 is 2.26 bits per heavy atom. The molecule has 1 aliphatic heterocycles. The maximum absolute atomic E-state index is 14.4. The van der Waals surface area contributed by atoms with E-state index in [0.717, 1.165) is 16.8 Å². The third-order valence-electron chi connectivity index (χ3n) is 7.49. The van der Waals surface area contributed by atoms with Crippen molar-refractivity contribution < 1.29 is 28.6 Å². The maximum atomic E-state index is 14.4. The number of fused-ring (bicyclic) bond motifs is 1. The molecule has 4 atom stereocenters. The van der Waals surface area contributed by atoms with Gasteiger partial charge in [0.1, 0.15) is 11.7 Å². The number of nitrogens with zero attached hydrogens (tertiary/aromatic N) is 2. The van der Waals surface area contributed by atoms with E-state index in [9.17, 15) is 14.4 Å². The van der Waals surface area contributed by atoms with Crippen molar-refractivity contribution in [3.05, 3.63) is 70.9 Å². The molecule has 0 N–H and O–H groups in total. The summed E-state index contributed by atoms with van der Waals surface area (Å²) in [5.74, 6) is -3.85. The molecule has 0 radical (unpaired) electrons. The van der Waals surface area contributed by atoms with Crippen molar-refractivity contribution in [2.75, 3.05) is 39.3 Å². The lowest BCUT2D eigenvalue weighted by Gasteiger charge is -2.41. The van der Waals surface area contributed by atoms with Crippen molar-refractivity contribution in [2.45, 2.75) is 39.0 Å². The topological polar surface area (TPSA) is 94.5 Å². The number of anilines is 1. The van der Waals surface area contributed by atoms with Crippen LogP contribution in [-0.2, 0) is 23.9 Å². The Labute approximate surface area is 229 Å². The molecule has 2 aliphatic rings. The quantitative estimate of drug-likeness (QED) is 0.360. The minimum absolute atomic E-state index is 0.148. The predicted molar refractivity (Wildman–Crippen MR) is 149 cm³/mol. The number of rotatable bonds is 8. The van der Waals surface area contributed by atoms with Crippen LogP contribution < -0.4 is 9.64 Å². The van der Waals surface area contributed by atoms with Crippen LogP contribution in [0, 0.1) is 11.8 Å². The number of esters is 2. The van der Waals surface area contributed by atoms with E-state index in [-0.39, 0.29) is 19.0 Å². The molecule has 8 heteroatoms. The molecule has 1 heterocycles. The zero-order valence-corrected chi connectivity index (χ0v) is 23.4. The van der Waals surface area contributed by atoms with E-state index in [4.69, 9.17) is 19.2 Å². The number of hydrogen-bond donors (Lipinski definition) is 0. The van der Waals surface area contributed by atoms with Gasteiger partial charge in [0.05, 0.1) is 31.8 Å². The molecule has 1 unspecified atom stereocenters. The molecule has 2 aromatic carbocycles. The largest absolute Gasteiger partial charge is 0.496 e. The van der Waals surface area contributed by atoms with Gasteiger partial charge in [0.25, 0.3) is 0 Å². The Hall–Kier alpha value is -3.94. The number of methoxy groups -OCH3 is 1. The average Bonchev–Trinajstić information content (AvgIpc) is 2.92. The van der Waals surface area contributed by atoms with Crippen LogP contribution >= 0.6 is 0 Å². The molecule has 4 rings (SSSR count). The minimum atomic E-state index is -1.07. The van der Waals surface area contributed by atoms with Crippen molar-refractivity contribution in [1.82, 2.24) is 0 Å². The van der Waals surface area contributed by atoms with Gasteiger partial charge in [0, 0.05) is 43.0 Å². The summed E-state index contributed by atoms with van der Waals surface area (Å²) in [6.45, 7) is 5.58. The van der Waals surface area contributed by atoms with E-state index in [2.05, 4.69) is 0 Å². The van der Waals surface area contributed by atoms with Gasteiger partial charge in [-0.2, -0.15) is 0 Å². The first-order valence-electron chi connectivity index (χ1n) is 13.3. The van der Waals surface area contributed by atoms with Crippen LogP contribution in [0.1, 0.15) is 50.2 Å². The van der Waals surface area contributed by atoms with Crippen LogP contribution in [0.4, 0.5) is 5.69 Å². The summed E-state index contributed by atoms with van der Waals surface area (Å²) in [5, 5.41) is 0. The lowest BCUT2D eigenvalue weighted by Crippen LogP contribution is -2.48. The second-order valence-electron chi connectivity index (χ2n) is 9.95. The molecule has 0 bridgehead atoms. The molecule has 0 amide bonds. The Morgan fingerprint density at radius 1 is 0.974 bits per heavy atom. The second kappa shape index (κ2) is 11.8. The van der Waals surface area contributed by atoms with E-state index in [1.807, 2.05) is 67.5 Å². The molecule has 0 saturated heterocycles. The molecule has 1 fully saturated rings. The summed E-state index contributed by atoms with van der Waals surface area (Å²) < 4.78 is 16.4. The number of para-hydroxylation sites is 1. The van der Waals surface area contributed by atoms with Gasteiger partial charge in [0.2, 0.25) is 0 Å². The highest BCUT2D eigenvalue weighted by atomic mass is 16.5. The normalized spacial score (nSPS) is 22.5. The van der Waals surface area contributed by atoms with E-state index in [0.29, 0.717) is 29.2 Å². The number of hydrogen-bond acceptors (Lipinski definition) is 8. The Bertz CT molecular complexity index is 1310. The number of ether oxygens (including phenoxy) is 3. The van der Waals surface area contributed by atoms with Crippen molar-refractivity contribution in [1.29, 1.82) is 0 Å². The van der Waals surface area contributed by atoms with Crippen LogP contribution in [0.3, 0.4) is 0 Å². The Morgan fingerprint density at radius 2 is 1.64 bits per heavy atom. The standard InChI is InChI=1S/C31H36N2O6/c1-7-38-30(35)25-18(3)32-23-17-22(21-11-9-10-12-24(21)37-6)27(31(36)39-8-2)29(34)28(23)26(25)19-13-15-20(16-14-19)33(4)5/h9-16,22,26-28H,7-8,17H2,1-6H3/t22-,26+,27-,28?/m0/s1. The first-order chi connectivity index (χ1) is 18.7. The Kier molecular flexibility index (Phi) is 8.53. The zero-order valence-electron chi connectivity index (χ0n) is 23.4. The predicted octanol–water partition coefficient (Wildman–Crippen LogP) is 4.69. The summed E-state index contributed by atoms with van der Waals surface area (Å²) in [7, 11) is 5.46. The van der Waals surface area contributed by atoms with Crippen LogP contribution in [0.2, 0.25) is 0 Å². The molecule has 39 heavy (non-hydrogen) atoms. The highest BCUT2D eigenvalue weighted by Crippen LogP contribution is 2.49. The molecule has 8 nitrogen and oxygen atoms in total. The van der Waals surface area contributed by atoms with Gasteiger partial charge in [-0.3, -0.25) is 14.6 Å². The summed E-state index contributed by atoms with van der Waals surface area (Å²) in [6, 6.07) is 15.1. The molecule has 2 aromatic rings. The highest BCUT2D eigenvalue weighted by Gasteiger charge is 2.53. The number of allylic oxidation sites excluding steroid dienone is 1. The number of carbonyl (C=O) groups is 3. The first-order valence-corrected chi connectivity index (χ1v) is 13.3. The van der Waals surface area contributed by atoms with Gasteiger partial charge >= 0.3 is 11.9 Å². The lowest BCUT2D eigenvalue weighted by molar-refractivity contribution is -0.153. The van der Waals surface area contributed by atoms with E-state index in [1.54, 1.807) is 27.9 Å². The number of ketones is 1. The maximum Gasteiger partial charge on any atom is 0.336 e. The summed E-state index contributed by atoms with van der Waals surface area (Å²) in [4.78, 5) is 47.9. The fraction of sp³-hybridized carbons (Fsp3) is 0.419. The van der Waals surface area contributed by atoms with Crippen LogP contribution in [0.15, 0.2) is 64.8 Å². The molecule has 1 saturated carbocycles. The van der Waals surface area contributed by atoms with Crippen LogP contribution in [0.5, 0.6) is 5.75 Å². The fourth-order valence-corrected chi connectivity index (χ4v) is 5.76. The van der Waals surface area contributed by atoms with Gasteiger partial charge in [-0.15, -0.1) is 0 Å². The molecule has 206 valence electrons. The molecular formula is C31H36N2O6. The molecule has 0 aromatic heterocycles. The number of carbonyl (C=O) groups excluding carboxylic acids is 3. The summed E-state index contributed by atoms with van der Waals surface area (Å²) in [6.07, 6.45) is 0.347. The van der Waals surface area contributed by atoms with Crippen LogP contribution in [0.25, 0.3) is 0 Å². The molecule has 0 spiro atoms. The van der Waals surface area contributed by atoms with Crippen molar-refractivity contribution in [3.63, 3.8) is 0 Å². The van der Waals surface area contributed by atoms with Gasteiger partial charge in [-0.25, -0.2) is 4.79 Å². The van der Waals surface area contributed by atoms with Gasteiger partial charge in [0.15, 0.2) is 5.78 Å². The Balaban J connectivity index is 1.90. The van der Waals surface area contributed by atoms with Crippen molar-refractivity contribution in [2.24, 2.45) is 16.8 Å². The average molecular weight is 533 g/mol. The number of benzene rings is 2. The fourth-order valence-electron chi connectivity index (χ4n) is 5.76. The summed E-state index contributed by atoms with van der Waals surface area (Å²) in [5.41, 5.74) is 4.02. The van der Waals surface area contributed by atoms with Crippen LogP contribution in [-0.4, -0.2) is 57.9 Å². The van der Waals surface area contributed by atoms with E-state index < -0.39 is 35.6 Å². The minimum Gasteiger partial charge on any atom is -0.496 e. The smallest absolute Gasteiger partial charge is 0.336 e. The molecule has 1 aliphatic carbocycles. The van der Waals surface area contributed by atoms with Gasteiger partial charge in [-0.05, 0) is 56.5 Å². The number of Topliss-reactive ketones (excluding diaryl/α,β-unsaturated/α-hetero) is 1. The van der Waals surface area contributed by atoms with Gasteiger partial charge in [-0.1, -0.05) is 30.3 Å². The van der Waals surface area contributed by atoms with Gasteiger partial charge < -0.3 is 19.1 Å². The highest BCUT2D eigenvalue weighted by molar-refractivity contribution is 6.18. The third kappa shape index (κ3) is 5.33. The SMILES string of the molecule is CCOC(=O)C1=C(C)N=C2C[C@@H](c3ccccc3OC)[C@H](C(=O)OCC)C(=O)C2[C@@H]1c1ccc(N(C)C)cc1. The summed E-state index contributed by atoms with van der Waals surface area (Å²) >= 11 is 0. The second-order valence-corrected chi connectivity index (χ2v) is 9.95. The lowest BCUT2D eigenvalue weighted by atomic mass is 9.62. The first kappa shape index (κ1) is 28.1. The third-order valence-corrected chi connectivity index (χ3v) is 7.49. The monoisotopic (exact) mass is 532 g/mol. The van der Waals surface area contributed by atoms with Crippen molar-refractivity contribution >= 4 is 29.1 Å². The van der Waals surface area contributed by atoms with E-state index in [1.165, 1.54) is 0 Å². The number of aliphatic imine (C=N–C) groups is 1.